The first-order valence-corrected chi connectivity index (χ1v) is 12.5. The van der Waals surface area contributed by atoms with Gasteiger partial charge in [0, 0.05) is 42.4 Å². The number of carbonyl (C=O) groups excluding carboxylic acids is 3. The highest BCUT2D eigenvalue weighted by molar-refractivity contribution is 8.04. The van der Waals surface area contributed by atoms with Gasteiger partial charge in [0.25, 0.3) is 11.8 Å². The van der Waals surface area contributed by atoms with Gasteiger partial charge in [0.1, 0.15) is 16.4 Å². The number of imide groups is 1. The number of ether oxygens (including phenoxy) is 1. The molecule has 2 aliphatic rings. The maximum Gasteiger partial charge on any atom is 0.278 e. The Labute approximate surface area is 208 Å². The van der Waals surface area contributed by atoms with Crippen molar-refractivity contribution in [2.45, 2.75) is 37.0 Å². The maximum atomic E-state index is 13.3. The fourth-order valence-electron chi connectivity index (χ4n) is 4.16. The smallest absolute Gasteiger partial charge is 0.278 e. The van der Waals surface area contributed by atoms with Crippen LogP contribution in [0, 0.1) is 11.7 Å². The van der Waals surface area contributed by atoms with Gasteiger partial charge in [0.2, 0.25) is 5.91 Å². The van der Waals surface area contributed by atoms with E-state index in [1.165, 1.54) is 40.9 Å². The second-order valence-corrected chi connectivity index (χ2v) is 9.63. The molecule has 0 saturated heterocycles. The van der Waals surface area contributed by atoms with Crippen LogP contribution in [0.1, 0.15) is 32.1 Å². The van der Waals surface area contributed by atoms with E-state index >= 15 is 0 Å². The van der Waals surface area contributed by atoms with Gasteiger partial charge < -0.3 is 15.4 Å². The van der Waals surface area contributed by atoms with E-state index in [9.17, 15) is 18.8 Å². The molecule has 1 heterocycles. The number of rotatable bonds is 10. The standard InChI is InChI=1S/C26H28FN3O4S/c1-34-16-4-15-30-25(32)22(28-19-9-7-18(27)8-10-19)23(26(30)33)35-21-13-11-20(12-14-21)29-24(31)17-5-2-3-6-17/h7-14,17,28H,2-6,15-16H2,1H3,(H,29,31). The third-order valence-corrected chi connectivity index (χ3v) is 7.13. The summed E-state index contributed by atoms with van der Waals surface area (Å²) in [6.07, 6.45) is 4.55. The van der Waals surface area contributed by atoms with E-state index in [1.807, 2.05) is 12.1 Å². The predicted molar refractivity (Wildman–Crippen MR) is 133 cm³/mol. The van der Waals surface area contributed by atoms with E-state index in [0.29, 0.717) is 24.4 Å². The van der Waals surface area contributed by atoms with Crippen LogP contribution in [0.2, 0.25) is 0 Å². The van der Waals surface area contributed by atoms with Crippen molar-refractivity contribution < 1.29 is 23.5 Å². The number of halogens is 1. The van der Waals surface area contributed by atoms with Crippen LogP contribution in [-0.4, -0.2) is 42.9 Å². The molecule has 2 N–H and O–H groups in total. The first kappa shape index (κ1) is 24.9. The summed E-state index contributed by atoms with van der Waals surface area (Å²) < 4.78 is 18.4. The van der Waals surface area contributed by atoms with Gasteiger partial charge in [-0.05, 0) is 67.8 Å². The maximum absolute atomic E-state index is 13.3. The minimum absolute atomic E-state index is 0.0414. The Kier molecular flexibility index (Phi) is 8.20. The Morgan fingerprint density at radius 3 is 2.34 bits per heavy atom. The molecular weight excluding hydrogens is 469 g/mol. The number of benzene rings is 2. The fourth-order valence-corrected chi connectivity index (χ4v) is 5.11. The quantitative estimate of drug-likeness (QED) is 0.363. The molecule has 4 rings (SSSR count). The summed E-state index contributed by atoms with van der Waals surface area (Å²) >= 11 is 1.18. The van der Waals surface area contributed by atoms with Gasteiger partial charge >= 0.3 is 0 Å². The highest BCUT2D eigenvalue weighted by atomic mass is 32.2. The first-order chi connectivity index (χ1) is 17.0. The van der Waals surface area contributed by atoms with Gasteiger partial charge in [-0.15, -0.1) is 0 Å². The van der Waals surface area contributed by atoms with E-state index < -0.39 is 11.7 Å². The zero-order chi connectivity index (χ0) is 24.8. The molecule has 9 heteroatoms. The molecule has 2 aromatic carbocycles. The molecule has 2 aromatic rings. The van der Waals surface area contributed by atoms with Gasteiger partial charge in [-0.1, -0.05) is 24.6 Å². The molecule has 0 spiro atoms. The van der Waals surface area contributed by atoms with Crippen molar-refractivity contribution in [3.8, 4) is 0 Å². The molecule has 0 bridgehead atoms. The monoisotopic (exact) mass is 497 g/mol. The number of nitrogens with one attached hydrogen (secondary N) is 2. The van der Waals surface area contributed by atoms with Crippen LogP contribution in [0.15, 0.2) is 64.0 Å². The number of hydrogen-bond acceptors (Lipinski definition) is 6. The topological polar surface area (TPSA) is 87.7 Å². The number of anilines is 2. The summed E-state index contributed by atoms with van der Waals surface area (Å²) in [5.74, 6) is -1.10. The molecule has 3 amide bonds. The SMILES string of the molecule is COCCCN1C(=O)C(Nc2ccc(F)cc2)=C(Sc2ccc(NC(=O)C3CCCC3)cc2)C1=O. The lowest BCUT2D eigenvalue weighted by Crippen LogP contribution is -2.33. The number of amides is 3. The van der Waals surface area contributed by atoms with E-state index in [-0.39, 0.29) is 34.9 Å². The number of nitrogens with zero attached hydrogens (tertiary/aromatic N) is 1. The zero-order valence-corrected chi connectivity index (χ0v) is 20.3. The number of hydrogen-bond donors (Lipinski definition) is 2. The number of carbonyl (C=O) groups is 3. The Balaban J connectivity index is 1.51. The summed E-state index contributed by atoms with van der Waals surface area (Å²) in [4.78, 5) is 40.8. The average molecular weight is 498 g/mol. The normalized spacial score (nSPS) is 16.3. The van der Waals surface area contributed by atoms with Crippen molar-refractivity contribution in [2.75, 3.05) is 30.9 Å². The lowest BCUT2D eigenvalue weighted by molar-refractivity contribution is -0.137. The molecule has 1 fully saturated rings. The van der Waals surface area contributed by atoms with Gasteiger partial charge in [-0.3, -0.25) is 19.3 Å². The molecule has 1 saturated carbocycles. The average Bonchev–Trinajstić information content (AvgIpc) is 3.47. The fraction of sp³-hybridized carbons (Fsp3) is 0.346. The highest BCUT2D eigenvalue weighted by Gasteiger charge is 2.38. The third-order valence-electron chi connectivity index (χ3n) is 6.04. The van der Waals surface area contributed by atoms with E-state index in [1.54, 1.807) is 19.2 Å². The van der Waals surface area contributed by atoms with Gasteiger partial charge in [-0.25, -0.2) is 4.39 Å². The van der Waals surface area contributed by atoms with Gasteiger partial charge in [-0.2, -0.15) is 0 Å². The summed E-state index contributed by atoms with van der Waals surface area (Å²) in [5.41, 5.74) is 1.35. The van der Waals surface area contributed by atoms with Crippen molar-refractivity contribution in [3.05, 3.63) is 65.0 Å². The lowest BCUT2D eigenvalue weighted by Gasteiger charge is -2.14. The predicted octanol–water partition coefficient (Wildman–Crippen LogP) is 4.78. The van der Waals surface area contributed by atoms with Crippen molar-refractivity contribution in [2.24, 2.45) is 5.92 Å². The molecule has 184 valence electrons. The van der Waals surface area contributed by atoms with Crippen LogP contribution < -0.4 is 10.6 Å². The van der Waals surface area contributed by atoms with Crippen LogP contribution in [0.4, 0.5) is 15.8 Å². The van der Waals surface area contributed by atoms with Gasteiger partial charge in [0.05, 0.1) is 0 Å². The molecule has 35 heavy (non-hydrogen) atoms. The Hall–Kier alpha value is -3.17. The Morgan fingerprint density at radius 1 is 1.03 bits per heavy atom. The summed E-state index contributed by atoms with van der Waals surface area (Å²) in [5, 5.41) is 5.96. The highest BCUT2D eigenvalue weighted by Crippen LogP contribution is 2.36. The van der Waals surface area contributed by atoms with Crippen molar-refractivity contribution in [1.29, 1.82) is 0 Å². The molecule has 0 atom stereocenters. The van der Waals surface area contributed by atoms with E-state index in [0.717, 1.165) is 30.6 Å². The molecule has 0 aromatic heterocycles. The van der Waals surface area contributed by atoms with Gasteiger partial charge in [0.15, 0.2) is 0 Å². The summed E-state index contributed by atoms with van der Waals surface area (Å²) in [6, 6.07) is 12.8. The second kappa shape index (κ2) is 11.5. The van der Waals surface area contributed by atoms with Crippen LogP contribution >= 0.6 is 11.8 Å². The first-order valence-electron chi connectivity index (χ1n) is 11.7. The zero-order valence-electron chi connectivity index (χ0n) is 19.5. The molecule has 1 aliphatic carbocycles. The van der Waals surface area contributed by atoms with Crippen molar-refractivity contribution in [3.63, 3.8) is 0 Å². The molecular formula is C26H28FN3O4S. The third kappa shape index (κ3) is 6.10. The summed E-state index contributed by atoms with van der Waals surface area (Å²) in [7, 11) is 1.56. The van der Waals surface area contributed by atoms with Crippen LogP contribution in [0.5, 0.6) is 0 Å². The van der Waals surface area contributed by atoms with E-state index in [4.69, 9.17) is 4.74 Å². The van der Waals surface area contributed by atoms with Crippen LogP contribution in [0.3, 0.4) is 0 Å². The molecule has 7 nitrogen and oxygen atoms in total. The number of thioether (sulfide) groups is 1. The lowest BCUT2D eigenvalue weighted by atomic mass is 10.1. The summed E-state index contributed by atoms with van der Waals surface area (Å²) in [6.45, 7) is 0.657. The minimum atomic E-state index is -0.432. The van der Waals surface area contributed by atoms with Crippen molar-refractivity contribution >= 4 is 40.9 Å². The Morgan fingerprint density at radius 2 is 1.69 bits per heavy atom. The molecule has 0 radical (unpaired) electrons. The minimum Gasteiger partial charge on any atom is -0.385 e. The van der Waals surface area contributed by atoms with E-state index in [2.05, 4.69) is 10.6 Å². The molecule has 1 aliphatic heterocycles. The Bertz CT molecular complexity index is 1110. The molecule has 0 unspecified atom stereocenters. The largest absolute Gasteiger partial charge is 0.385 e. The van der Waals surface area contributed by atoms with Crippen molar-refractivity contribution in [1.82, 2.24) is 4.90 Å². The van der Waals surface area contributed by atoms with Crippen LogP contribution in [-0.2, 0) is 19.1 Å². The second-order valence-electron chi connectivity index (χ2n) is 8.54. The van der Waals surface area contributed by atoms with Crippen LogP contribution in [0.25, 0.3) is 0 Å². The number of methoxy groups -OCH3 is 1.